The lowest BCUT2D eigenvalue weighted by molar-refractivity contribution is 0.454. The van der Waals surface area contributed by atoms with Gasteiger partial charge in [0.2, 0.25) is 0 Å². The third-order valence-electron chi connectivity index (χ3n) is 5.83. The molecule has 0 fully saturated rings. The maximum atomic E-state index is 8.90. The van der Waals surface area contributed by atoms with Crippen LogP contribution in [0.15, 0.2) is 97.1 Å². The first-order valence-electron chi connectivity index (χ1n) is 9.92. The highest BCUT2D eigenvalue weighted by Gasteiger charge is 2.16. The van der Waals surface area contributed by atoms with Crippen molar-refractivity contribution in [3.63, 3.8) is 0 Å². The largest absolute Gasteiger partial charge is 0.569 e. The average Bonchev–Trinajstić information content (AvgIpc) is 3.15. The Bertz CT molecular complexity index is 1460. The number of nitrogens with zero attached hydrogens (tertiary/aromatic N) is 1. The van der Waals surface area contributed by atoms with E-state index in [0.717, 1.165) is 5.69 Å². The van der Waals surface area contributed by atoms with Crippen LogP contribution in [0.4, 0.5) is 0 Å². The van der Waals surface area contributed by atoms with Gasteiger partial charge in [-0.05, 0) is 57.9 Å². The summed E-state index contributed by atoms with van der Waals surface area (Å²) >= 11 is 0. The van der Waals surface area contributed by atoms with Gasteiger partial charge in [0.1, 0.15) is 5.75 Å². The van der Waals surface area contributed by atoms with Gasteiger partial charge in [-0.1, -0.05) is 60.7 Å². The summed E-state index contributed by atoms with van der Waals surface area (Å²) in [6.07, 6.45) is 0. The quantitative estimate of drug-likeness (QED) is 0.379. The molecule has 0 saturated heterocycles. The first kappa shape index (κ1) is 17.1. The van der Waals surface area contributed by atoms with Crippen molar-refractivity contribution in [2.75, 3.05) is 0 Å². The second-order valence-electron chi connectivity index (χ2n) is 7.41. The van der Waals surface area contributed by atoms with Crippen LogP contribution in [0, 0.1) is 0 Å². The van der Waals surface area contributed by atoms with E-state index in [4.69, 9.17) is 9.68 Å². The third kappa shape index (κ3) is 2.44. The number of hydrogen-bond donors (Lipinski definition) is 1. The van der Waals surface area contributed by atoms with Crippen LogP contribution in [0.2, 0.25) is 0 Å². The molecular weight excluding hydrogens is 369 g/mol. The van der Waals surface area contributed by atoms with Crippen molar-refractivity contribution in [2.45, 2.75) is 0 Å². The van der Waals surface area contributed by atoms with Gasteiger partial charge in [0.05, 0.1) is 11.0 Å². The molecule has 141 valence electrons. The van der Waals surface area contributed by atoms with Gasteiger partial charge in [0.25, 0.3) is 0 Å². The SMILES string of the molecule is O[B]Oc1ccc(-n2c3ccc4ccccc4c3c3c4ccccc4ccc32)cc1. The highest BCUT2D eigenvalue weighted by molar-refractivity contribution is 6.28. The molecule has 1 aromatic heterocycles. The molecule has 1 radical (unpaired) electrons. The van der Waals surface area contributed by atoms with Crippen LogP contribution in [-0.2, 0) is 0 Å². The van der Waals surface area contributed by atoms with Gasteiger partial charge in [0, 0.05) is 16.5 Å². The molecule has 0 amide bonds. The van der Waals surface area contributed by atoms with Crippen molar-refractivity contribution in [3.05, 3.63) is 97.1 Å². The highest BCUT2D eigenvalue weighted by atomic mass is 16.5. The Kier molecular flexibility index (Phi) is 3.80. The Labute approximate surface area is 174 Å². The molecule has 0 bridgehead atoms. The van der Waals surface area contributed by atoms with Gasteiger partial charge < -0.3 is 14.2 Å². The lowest BCUT2D eigenvalue weighted by atomic mass is 10.00. The molecule has 6 rings (SSSR count). The Morgan fingerprint density at radius 3 is 1.67 bits per heavy atom. The van der Waals surface area contributed by atoms with Crippen LogP contribution in [0.3, 0.4) is 0 Å². The molecule has 30 heavy (non-hydrogen) atoms. The number of rotatable bonds is 3. The van der Waals surface area contributed by atoms with Crippen LogP contribution in [-0.4, -0.2) is 17.3 Å². The van der Waals surface area contributed by atoms with E-state index < -0.39 is 0 Å². The second-order valence-corrected chi connectivity index (χ2v) is 7.41. The maximum absolute atomic E-state index is 8.90. The first-order valence-corrected chi connectivity index (χ1v) is 9.92. The predicted octanol–water partition coefficient (Wildman–Crippen LogP) is 6.00. The molecule has 6 aromatic rings. The van der Waals surface area contributed by atoms with Crippen molar-refractivity contribution in [1.29, 1.82) is 0 Å². The van der Waals surface area contributed by atoms with E-state index in [-0.39, 0.29) is 0 Å². The van der Waals surface area contributed by atoms with Crippen LogP contribution < -0.4 is 4.65 Å². The molecule has 3 nitrogen and oxygen atoms in total. The van der Waals surface area contributed by atoms with E-state index in [0.29, 0.717) is 13.4 Å². The van der Waals surface area contributed by atoms with Gasteiger partial charge in [-0.25, -0.2) is 0 Å². The summed E-state index contributed by atoms with van der Waals surface area (Å²) in [4.78, 5) is 0. The minimum atomic E-state index is 0.595. The molecule has 0 aliphatic rings. The number of fused-ring (bicyclic) bond motifs is 7. The van der Waals surface area contributed by atoms with Crippen LogP contribution in [0.1, 0.15) is 0 Å². The van der Waals surface area contributed by atoms with Gasteiger partial charge in [-0.3, -0.25) is 0 Å². The number of benzene rings is 5. The predicted molar refractivity (Wildman–Crippen MR) is 124 cm³/mol. The van der Waals surface area contributed by atoms with E-state index in [1.807, 2.05) is 24.3 Å². The molecule has 5 aromatic carbocycles. The minimum Gasteiger partial charge on any atom is -0.537 e. The van der Waals surface area contributed by atoms with Crippen molar-refractivity contribution in [1.82, 2.24) is 4.57 Å². The highest BCUT2D eigenvalue weighted by Crippen LogP contribution is 2.40. The second kappa shape index (κ2) is 6.65. The van der Waals surface area contributed by atoms with E-state index >= 15 is 0 Å². The van der Waals surface area contributed by atoms with Crippen LogP contribution in [0.25, 0.3) is 49.0 Å². The van der Waals surface area contributed by atoms with Crippen LogP contribution >= 0.6 is 0 Å². The zero-order valence-corrected chi connectivity index (χ0v) is 16.1. The topological polar surface area (TPSA) is 34.4 Å². The third-order valence-corrected chi connectivity index (χ3v) is 5.83. The molecule has 1 N–H and O–H groups in total. The molecule has 0 atom stereocenters. The molecule has 0 aliphatic heterocycles. The van der Waals surface area contributed by atoms with Crippen LogP contribution in [0.5, 0.6) is 5.75 Å². The maximum Gasteiger partial charge on any atom is 0.569 e. The Morgan fingerprint density at radius 2 is 1.13 bits per heavy atom. The molecule has 0 saturated carbocycles. The van der Waals surface area contributed by atoms with Gasteiger partial charge >= 0.3 is 7.69 Å². The van der Waals surface area contributed by atoms with E-state index in [9.17, 15) is 0 Å². The van der Waals surface area contributed by atoms with Gasteiger partial charge in [-0.15, -0.1) is 0 Å². The summed E-state index contributed by atoms with van der Waals surface area (Å²) in [5.74, 6) is 0.595. The Morgan fingerprint density at radius 1 is 0.600 bits per heavy atom. The summed E-state index contributed by atoms with van der Waals surface area (Å²) < 4.78 is 7.39. The lowest BCUT2D eigenvalue weighted by Crippen LogP contribution is -2.00. The lowest BCUT2D eigenvalue weighted by Gasteiger charge is -2.10. The summed E-state index contributed by atoms with van der Waals surface area (Å²) in [5.41, 5.74) is 3.38. The van der Waals surface area contributed by atoms with Crippen molar-refractivity contribution in [3.8, 4) is 11.4 Å². The van der Waals surface area contributed by atoms with Crippen molar-refractivity contribution >= 4 is 51.0 Å². The zero-order chi connectivity index (χ0) is 20.1. The van der Waals surface area contributed by atoms with Crippen molar-refractivity contribution in [2.24, 2.45) is 0 Å². The average molecular weight is 386 g/mol. The molecule has 0 aliphatic carbocycles. The monoisotopic (exact) mass is 386 g/mol. The van der Waals surface area contributed by atoms with E-state index in [1.165, 1.54) is 43.4 Å². The van der Waals surface area contributed by atoms with Crippen molar-refractivity contribution < 1.29 is 9.68 Å². The van der Waals surface area contributed by atoms with E-state index in [2.05, 4.69) is 77.4 Å². The summed E-state index contributed by atoms with van der Waals surface area (Å²) in [5, 5.41) is 16.4. The molecule has 1 heterocycles. The Hall–Kier alpha value is -3.76. The van der Waals surface area contributed by atoms with Gasteiger partial charge in [-0.2, -0.15) is 0 Å². The fourth-order valence-electron chi connectivity index (χ4n) is 4.56. The molecular formula is C26H17BNO2. The molecule has 0 unspecified atom stereocenters. The molecule has 0 spiro atoms. The minimum absolute atomic E-state index is 0.595. The summed E-state index contributed by atoms with van der Waals surface area (Å²) in [7, 11) is 0.702. The fraction of sp³-hybridized carbons (Fsp3) is 0. The number of hydrogen-bond acceptors (Lipinski definition) is 2. The normalized spacial score (nSPS) is 11.5. The molecule has 4 heteroatoms. The standard InChI is InChI=1S/C26H17BNO2/c29-27-30-20-13-11-19(12-14-20)28-23-15-9-17-5-1-3-7-21(17)25(23)26-22-8-4-2-6-18(22)10-16-24(26)28/h1-16,29H. The first-order chi connectivity index (χ1) is 14.8. The Balaban J connectivity index is 1.80. The smallest absolute Gasteiger partial charge is 0.537 e. The number of aromatic nitrogens is 1. The van der Waals surface area contributed by atoms with Gasteiger partial charge in [0.15, 0.2) is 0 Å². The fourth-order valence-corrected chi connectivity index (χ4v) is 4.56. The summed E-state index contributed by atoms with van der Waals surface area (Å²) in [6, 6.07) is 33.7. The van der Waals surface area contributed by atoms with E-state index in [1.54, 1.807) is 0 Å². The zero-order valence-electron chi connectivity index (χ0n) is 16.1. The summed E-state index contributed by atoms with van der Waals surface area (Å²) in [6.45, 7) is 0.